The summed E-state index contributed by atoms with van der Waals surface area (Å²) >= 11 is 0. The van der Waals surface area contributed by atoms with Crippen molar-refractivity contribution in [2.75, 3.05) is 0 Å². The molecule has 148 valence electrons. The molecule has 0 saturated carbocycles. The Bertz CT molecular complexity index is 1020. The second-order valence-corrected chi connectivity index (χ2v) is 7.36. The van der Waals surface area contributed by atoms with Gasteiger partial charge in [-0.2, -0.15) is 0 Å². The average Bonchev–Trinajstić information content (AvgIpc) is 2.78. The summed E-state index contributed by atoms with van der Waals surface area (Å²) in [6.07, 6.45) is 1.56. The lowest BCUT2D eigenvalue weighted by atomic mass is 9.86. The van der Waals surface area contributed by atoms with Crippen LogP contribution in [0.15, 0.2) is 115 Å². The summed E-state index contributed by atoms with van der Waals surface area (Å²) in [6.45, 7) is 0. The van der Waals surface area contributed by atoms with Gasteiger partial charge >= 0.3 is 0 Å². The molecule has 4 aromatic rings. The molecule has 1 nitrogen and oxygen atoms in total. The fourth-order valence-corrected chi connectivity index (χ4v) is 3.74. The number of rotatable bonds is 6. The predicted molar refractivity (Wildman–Crippen MR) is 121 cm³/mol. The van der Waals surface area contributed by atoms with Gasteiger partial charge in [-0.25, -0.2) is 4.39 Å². The van der Waals surface area contributed by atoms with Gasteiger partial charge in [-0.05, 0) is 64.9 Å². The second-order valence-electron chi connectivity index (χ2n) is 7.36. The first-order valence-corrected chi connectivity index (χ1v) is 10.0. The van der Waals surface area contributed by atoms with Gasteiger partial charge < -0.3 is 5.11 Å². The molecule has 4 rings (SSSR count). The van der Waals surface area contributed by atoms with Crippen molar-refractivity contribution < 1.29 is 9.50 Å². The summed E-state index contributed by atoms with van der Waals surface area (Å²) in [5, 5.41) is 9.79. The Morgan fingerprint density at radius 2 is 1.00 bits per heavy atom. The minimum atomic E-state index is -0.253. The summed E-state index contributed by atoms with van der Waals surface area (Å²) in [7, 11) is 0. The van der Waals surface area contributed by atoms with Gasteiger partial charge in [0.05, 0.1) is 0 Å². The molecule has 2 heteroatoms. The summed E-state index contributed by atoms with van der Waals surface area (Å²) in [5.41, 5.74) is 6.72. The molecule has 0 amide bonds. The lowest BCUT2D eigenvalue weighted by Crippen LogP contribution is -2.02. The molecule has 0 fully saturated rings. The maximum Gasteiger partial charge on any atom is 0.123 e. The molecule has 0 aliphatic carbocycles. The number of hydrogen-bond acceptors (Lipinski definition) is 1. The zero-order chi connectivity index (χ0) is 20.8. The van der Waals surface area contributed by atoms with Crippen molar-refractivity contribution in [3.63, 3.8) is 0 Å². The van der Waals surface area contributed by atoms with Crippen LogP contribution in [0.3, 0.4) is 0 Å². The Labute approximate surface area is 176 Å². The van der Waals surface area contributed by atoms with E-state index in [0.29, 0.717) is 0 Å². The van der Waals surface area contributed by atoms with E-state index in [4.69, 9.17) is 0 Å². The monoisotopic (exact) mass is 394 g/mol. The SMILES string of the molecule is Oc1ccc(C(=C(Cc2ccccc2)Cc2ccccc2)c2ccc(F)cc2)cc1. The summed E-state index contributed by atoms with van der Waals surface area (Å²) < 4.78 is 13.7. The molecule has 0 spiro atoms. The molecule has 0 saturated heterocycles. The number of halogens is 1. The van der Waals surface area contributed by atoms with Crippen LogP contribution in [0.1, 0.15) is 22.3 Å². The van der Waals surface area contributed by atoms with Crippen molar-refractivity contribution in [2.24, 2.45) is 0 Å². The average molecular weight is 394 g/mol. The lowest BCUT2D eigenvalue weighted by molar-refractivity contribution is 0.475. The molecule has 0 unspecified atom stereocenters. The third-order valence-electron chi connectivity index (χ3n) is 5.16. The van der Waals surface area contributed by atoms with Crippen LogP contribution in [0.2, 0.25) is 0 Å². The van der Waals surface area contributed by atoms with E-state index in [0.717, 1.165) is 29.5 Å². The van der Waals surface area contributed by atoms with Crippen molar-refractivity contribution in [1.29, 1.82) is 0 Å². The Balaban J connectivity index is 1.90. The minimum absolute atomic E-state index is 0.227. The third-order valence-corrected chi connectivity index (χ3v) is 5.16. The molecular formula is C28H23FO. The van der Waals surface area contributed by atoms with Crippen molar-refractivity contribution >= 4 is 5.57 Å². The highest BCUT2D eigenvalue weighted by Crippen LogP contribution is 2.32. The number of allylic oxidation sites excluding steroid dienone is 1. The van der Waals surface area contributed by atoms with Crippen LogP contribution in [-0.4, -0.2) is 5.11 Å². The van der Waals surface area contributed by atoms with Gasteiger partial charge in [-0.15, -0.1) is 0 Å². The molecule has 1 N–H and O–H groups in total. The van der Waals surface area contributed by atoms with Gasteiger partial charge in [0.2, 0.25) is 0 Å². The van der Waals surface area contributed by atoms with Gasteiger partial charge in [-0.1, -0.05) is 90.5 Å². The van der Waals surface area contributed by atoms with Gasteiger partial charge in [0.25, 0.3) is 0 Å². The van der Waals surface area contributed by atoms with Gasteiger partial charge in [0.1, 0.15) is 11.6 Å². The fourth-order valence-electron chi connectivity index (χ4n) is 3.74. The number of phenols is 1. The number of phenolic OH excluding ortho intramolecular Hbond substituents is 1. The topological polar surface area (TPSA) is 20.2 Å². The molecule has 0 heterocycles. The van der Waals surface area contributed by atoms with Crippen LogP contribution in [0.4, 0.5) is 4.39 Å². The van der Waals surface area contributed by atoms with E-state index in [1.54, 1.807) is 12.1 Å². The fraction of sp³-hybridized carbons (Fsp3) is 0.0714. The molecule has 0 aliphatic heterocycles. The maximum absolute atomic E-state index is 13.7. The number of hydrogen-bond donors (Lipinski definition) is 1. The molecule has 0 bridgehead atoms. The van der Waals surface area contributed by atoms with Gasteiger partial charge in [0, 0.05) is 0 Å². The first kappa shape index (κ1) is 19.7. The van der Waals surface area contributed by atoms with E-state index in [1.807, 2.05) is 60.7 Å². The standard InChI is InChI=1S/C28H23FO/c29-26-15-11-23(12-16-26)28(24-13-17-27(30)18-14-24)25(19-21-7-3-1-4-8-21)20-22-9-5-2-6-10-22/h1-18,30H,19-20H2. The molecule has 30 heavy (non-hydrogen) atoms. The van der Waals surface area contributed by atoms with Crippen LogP contribution in [-0.2, 0) is 12.8 Å². The van der Waals surface area contributed by atoms with E-state index in [1.165, 1.54) is 28.8 Å². The normalized spacial score (nSPS) is 10.6. The molecular weight excluding hydrogens is 371 g/mol. The molecule has 0 atom stereocenters. The van der Waals surface area contributed by atoms with Crippen LogP contribution >= 0.6 is 0 Å². The number of benzene rings is 4. The predicted octanol–water partition coefficient (Wildman–Crippen LogP) is 6.82. The highest BCUT2D eigenvalue weighted by molar-refractivity contribution is 5.83. The van der Waals surface area contributed by atoms with Crippen LogP contribution in [0, 0.1) is 5.82 Å². The zero-order valence-corrected chi connectivity index (χ0v) is 16.6. The Morgan fingerprint density at radius 3 is 1.47 bits per heavy atom. The first-order chi connectivity index (χ1) is 14.7. The van der Waals surface area contributed by atoms with Crippen molar-refractivity contribution in [3.8, 4) is 5.75 Å². The quantitative estimate of drug-likeness (QED) is 0.380. The highest BCUT2D eigenvalue weighted by Gasteiger charge is 2.14. The molecule has 4 aromatic carbocycles. The zero-order valence-electron chi connectivity index (χ0n) is 16.6. The molecule has 0 aromatic heterocycles. The Kier molecular flexibility index (Phi) is 6.05. The molecule has 0 radical (unpaired) electrons. The maximum atomic E-state index is 13.7. The summed E-state index contributed by atoms with van der Waals surface area (Å²) in [6, 6.07) is 34.6. The van der Waals surface area contributed by atoms with Crippen LogP contribution < -0.4 is 0 Å². The Hall–Kier alpha value is -3.65. The van der Waals surface area contributed by atoms with Gasteiger partial charge in [0.15, 0.2) is 0 Å². The smallest absolute Gasteiger partial charge is 0.123 e. The second kappa shape index (κ2) is 9.23. The van der Waals surface area contributed by atoms with E-state index < -0.39 is 0 Å². The molecule has 0 aliphatic rings. The van der Waals surface area contributed by atoms with E-state index in [-0.39, 0.29) is 11.6 Å². The summed E-state index contributed by atoms with van der Waals surface area (Å²) in [5.74, 6) is -0.0265. The van der Waals surface area contributed by atoms with Crippen molar-refractivity contribution in [1.82, 2.24) is 0 Å². The van der Waals surface area contributed by atoms with E-state index >= 15 is 0 Å². The van der Waals surface area contributed by atoms with Crippen molar-refractivity contribution in [2.45, 2.75) is 12.8 Å². The van der Waals surface area contributed by atoms with Gasteiger partial charge in [-0.3, -0.25) is 0 Å². The third kappa shape index (κ3) is 4.84. The van der Waals surface area contributed by atoms with E-state index in [9.17, 15) is 9.50 Å². The van der Waals surface area contributed by atoms with Crippen molar-refractivity contribution in [3.05, 3.63) is 143 Å². The highest BCUT2D eigenvalue weighted by atomic mass is 19.1. The largest absolute Gasteiger partial charge is 0.508 e. The summed E-state index contributed by atoms with van der Waals surface area (Å²) in [4.78, 5) is 0. The number of aromatic hydroxyl groups is 1. The van der Waals surface area contributed by atoms with Crippen LogP contribution in [0.5, 0.6) is 5.75 Å². The Morgan fingerprint density at radius 1 is 0.567 bits per heavy atom. The minimum Gasteiger partial charge on any atom is -0.508 e. The lowest BCUT2D eigenvalue weighted by Gasteiger charge is -2.18. The van der Waals surface area contributed by atoms with E-state index in [2.05, 4.69) is 24.3 Å². The van der Waals surface area contributed by atoms with Crippen LogP contribution in [0.25, 0.3) is 5.57 Å². The first-order valence-electron chi connectivity index (χ1n) is 10.0.